The van der Waals surface area contributed by atoms with Crippen LogP contribution in [0.15, 0.2) is 74.8 Å². The SMILES string of the molecule is O=S(=NCN1CCCC1)(c1ccccc1)c1ccccc1. The normalized spacial score (nSPS) is 16.0. The lowest BCUT2D eigenvalue weighted by atomic mass is 10.4. The van der Waals surface area contributed by atoms with Crippen molar-refractivity contribution in [2.75, 3.05) is 19.8 Å². The van der Waals surface area contributed by atoms with Crippen molar-refractivity contribution in [3.8, 4) is 0 Å². The van der Waals surface area contributed by atoms with Crippen LogP contribution in [0.4, 0.5) is 0 Å². The minimum atomic E-state index is -2.55. The first-order chi connectivity index (χ1) is 10.3. The van der Waals surface area contributed by atoms with Gasteiger partial charge in [-0.15, -0.1) is 0 Å². The molecule has 1 aliphatic heterocycles. The molecule has 0 bridgehead atoms. The summed E-state index contributed by atoms with van der Waals surface area (Å²) in [6.45, 7) is 2.66. The van der Waals surface area contributed by atoms with E-state index in [4.69, 9.17) is 0 Å². The van der Waals surface area contributed by atoms with Crippen molar-refractivity contribution in [2.45, 2.75) is 22.6 Å². The summed E-state index contributed by atoms with van der Waals surface area (Å²) in [6.07, 6.45) is 2.43. The molecule has 0 atom stereocenters. The summed E-state index contributed by atoms with van der Waals surface area (Å²) in [7, 11) is -2.55. The Balaban J connectivity index is 2.02. The molecule has 110 valence electrons. The first-order valence-electron chi connectivity index (χ1n) is 7.34. The smallest absolute Gasteiger partial charge is 0.105 e. The maximum Gasteiger partial charge on any atom is 0.105 e. The van der Waals surface area contributed by atoms with Crippen LogP contribution in [0.5, 0.6) is 0 Å². The second-order valence-electron chi connectivity index (χ2n) is 5.25. The van der Waals surface area contributed by atoms with E-state index in [1.807, 2.05) is 60.7 Å². The molecule has 2 aromatic rings. The fraction of sp³-hybridized carbons (Fsp3) is 0.294. The summed E-state index contributed by atoms with van der Waals surface area (Å²) >= 11 is 0. The summed E-state index contributed by atoms with van der Waals surface area (Å²) in [6, 6.07) is 19.2. The van der Waals surface area contributed by atoms with Gasteiger partial charge in [0.15, 0.2) is 0 Å². The molecule has 21 heavy (non-hydrogen) atoms. The van der Waals surface area contributed by atoms with E-state index in [-0.39, 0.29) is 0 Å². The molecule has 3 nitrogen and oxygen atoms in total. The molecule has 0 aromatic heterocycles. The first kappa shape index (κ1) is 14.3. The number of benzene rings is 2. The number of hydrogen-bond acceptors (Lipinski definition) is 3. The molecule has 3 rings (SSSR count). The fourth-order valence-corrected chi connectivity index (χ4v) is 4.53. The summed E-state index contributed by atoms with van der Waals surface area (Å²) in [5.41, 5.74) is 0. The average molecular weight is 300 g/mol. The molecule has 1 fully saturated rings. The van der Waals surface area contributed by atoms with Gasteiger partial charge in [0.05, 0.1) is 9.79 Å². The molecule has 0 aliphatic carbocycles. The Hall–Kier alpha value is -1.65. The third-order valence-electron chi connectivity index (χ3n) is 3.76. The van der Waals surface area contributed by atoms with Crippen molar-refractivity contribution in [3.63, 3.8) is 0 Å². The molecule has 0 N–H and O–H groups in total. The lowest BCUT2D eigenvalue weighted by molar-refractivity contribution is 0.352. The Morgan fingerprint density at radius 3 is 1.81 bits per heavy atom. The van der Waals surface area contributed by atoms with E-state index in [0.29, 0.717) is 6.67 Å². The van der Waals surface area contributed by atoms with Crippen LogP contribution in [0.1, 0.15) is 12.8 Å². The predicted molar refractivity (Wildman–Crippen MR) is 85.7 cm³/mol. The minimum Gasteiger partial charge on any atom is -0.284 e. The molecule has 0 saturated carbocycles. The Bertz CT molecular complexity index is 640. The maximum atomic E-state index is 13.6. The summed E-state index contributed by atoms with van der Waals surface area (Å²) in [5, 5.41) is 0. The topological polar surface area (TPSA) is 32.7 Å². The highest BCUT2D eigenvalue weighted by Gasteiger charge is 2.17. The van der Waals surface area contributed by atoms with Gasteiger partial charge in [0, 0.05) is 0 Å². The Morgan fingerprint density at radius 1 is 0.857 bits per heavy atom. The monoisotopic (exact) mass is 300 g/mol. The van der Waals surface area contributed by atoms with E-state index >= 15 is 0 Å². The third kappa shape index (κ3) is 3.17. The predicted octanol–water partition coefficient (Wildman–Crippen LogP) is 3.63. The zero-order chi connectivity index (χ0) is 14.5. The molecule has 0 amide bonds. The highest BCUT2D eigenvalue weighted by molar-refractivity contribution is 7.93. The van der Waals surface area contributed by atoms with Gasteiger partial charge in [-0.05, 0) is 50.2 Å². The molecule has 0 spiro atoms. The molecule has 1 aliphatic rings. The maximum absolute atomic E-state index is 13.6. The van der Waals surface area contributed by atoms with E-state index < -0.39 is 9.73 Å². The van der Waals surface area contributed by atoms with Crippen LogP contribution in [-0.2, 0) is 9.73 Å². The van der Waals surface area contributed by atoms with E-state index in [0.717, 1.165) is 22.9 Å². The fourth-order valence-electron chi connectivity index (χ4n) is 2.58. The van der Waals surface area contributed by atoms with Crippen LogP contribution in [-0.4, -0.2) is 28.9 Å². The van der Waals surface area contributed by atoms with Crippen LogP contribution < -0.4 is 0 Å². The summed E-state index contributed by atoms with van der Waals surface area (Å²) in [5.74, 6) is 0. The zero-order valence-corrected chi connectivity index (χ0v) is 12.8. The second kappa shape index (κ2) is 6.41. The van der Waals surface area contributed by atoms with Crippen LogP contribution >= 0.6 is 0 Å². The number of likely N-dealkylation sites (tertiary alicyclic amines) is 1. The number of nitrogens with zero attached hydrogens (tertiary/aromatic N) is 2. The minimum absolute atomic E-state index is 0.544. The number of rotatable bonds is 4. The Labute approximate surface area is 126 Å². The van der Waals surface area contributed by atoms with Gasteiger partial charge in [0.25, 0.3) is 0 Å². The van der Waals surface area contributed by atoms with Gasteiger partial charge in [0.2, 0.25) is 0 Å². The van der Waals surface area contributed by atoms with Crippen molar-refractivity contribution in [3.05, 3.63) is 60.7 Å². The average Bonchev–Trinajstić information content (AvgIpc) is 3.08. The van der Waals surface area contributed by atoms with Crippen molar-refractivity contribution < 1.29 is 4.21 Å². The van der Waals surface area contributed by atoms with Crippen LogP contribution in [0, 0.1) is 0 Å². The van der Waals surface area contributed by atoms with Gasteiger partial charge >= 0.3 is 0 Å². The molecule has 0 unspecified atom stereocenters. The third-order valence-corrected chi connectivity index (χ3v) is 6.06. The van der Waals surface area contributed by atoms with Crippen LogP contribution in [0.25, 0.3) is 0 Å². The van der Waals surface area contributed by atoms with Gasteiger partial charge in [0.1, 0.15) is 16.4 Å². The lowest BCUT2D eigenvalue weighted by Crippen LogP contribution is -2.20. The van der Waals surface area contributed by atoms with Crippen molar-refractivity contribution in [1.82, 2.24) is 4.90 Å². The van der Waals surface area contributed by atoms with Gasteiger partial charge in [-0.1, -0.05) is 36.4 Å². The Morgan fingerprint density at radius 2 is 1.33 bits per heavy atom. The molecule has 1 saturated heterocycles. The van der Waals surface area contributed by atoms with E-state index in [9.17, 15) is 4.21 Å². The van der Waals surface area contributed by atoms with Gasteiger partial charge in [-0.2, -0.15) is 0 Å². The van der Waals surface area contributed by atoms with E-state index in [1.165, 1.54) is 12.8 Å². The van der Waals surface area contributed by atoms with Crippen molar-refractivity contribution in [1.29, 1.82) is 0 Å². The van der Waals surface area contributed by atoms with Crippen molar-refractivity contribution in [2.24, 2.45) is 4.36 Å². The molecule has 2 aromatic carbocycles. The first-order valence-corrected chi connectivity index (χ1v) is 8.86. The molecule has 4 heteroatoms. The number of hydrogen-bond donors (Lipinski definition) is 0. The van der Waals surface area contributed by atoms with Gasteiger partial charge in [-0.25, -0.2) is 8.57 Å². The summed E-state index contributed by atoms with van der Waals surface area (Å²) < 4.78 is 18.2. The van der Waals surface area contributed by atoms with E-state index in [2.05, 4.69) is 9.26 Å². The highest BCUT2D eigenvalue weighted by Crippen LogP contribution is 2.23. The molecule has 1 heterocycles. The van der Waals surface area contributed by atoms with Gasteiger partial charge < -0.3 is 0 Å². The lowest BCUT2D eigenvalue weighted by Gasteiger charge is -2.15. The second-order valence-corrected chi connectivity index (χ2v) is 7.50. The highest BCUT2D eigenvalue weighted by atomic mass is 32.2. The summed E-state index contributed by atoms with van der Waals surface area (Å²) in [4.78, 5) is 3.84. The van der Waals surface area contributed by atoms with Gasteiger partial charge in [-0.3, -0.25) is 4.90 Å². The Kier molecular flexibility index (Phi) is 4.36. The molecular formula is C17H20N2OS. The largest absolute Gasteiger partial charge is 0.284 e. The quantitative estimate of drug-likeness (QED) is 0.864. The zero-order valence-electron chi connectivity index (χ0n) is 12.0. The van der Waals surface area contributed by atoms with Crippen LogP contribution in [0.2, 0.25) is 0 Å². The van der Waals surface area contributed by atoms with E-state index in [1.54, 1.807) is 0 Å². The molecular weight excluding hydrogens is 280 g/mol. The van der Waals surface area contributed by atoms with Crippen molar-refractivity contribution >= 4 is 9.73 Å². The van der Waals surface area contributed by atoms with Crippen LogP contribution in [0.3, 0.4) is 0 Å². The standard InChI is InChI=1S/C17H20N2OS/c20-21(16-9-3-1-4-10-16,17-11-5-2-6-12-17)18-15-19-13-7-8-14-19/h1-6,9-12H,7-8,13-15H2. The molecule has 0 radical (unpaired) electrons.